The Bertz CT molecular complexity index is 257. The van der Waals surface area contributed by atoms with Crippen molar-refractivity contribution >= 4 is 11.9 Å². The third-order valence-electron chi connectivity index (χ3n) is 2.91. The minimum Gasteiger partial charge on any atom is -0.481 e. The van der Waals surface area contributed by atoms with Crippen molar-refractivity contribution in [1.29, 1.82) is 0 Å². The molecule has 1 atom stereocenters. The van der Waals surface area contributed by atoms with Crippen molar-refractivity contribution in [2.24, 2.45) is 11.3 Å². The van der Waals surface area contributed by atoms with Crippen LogP contribution < -0.4 is 0 Å². The number of methoxy groups -OCH3 is 1. The molecule has 1 saturated heterocycles. The molecule has 0 saturated carbocycles. The fourth-order valence-electron chi connectivity index (χ4n) is 1.72. The van der Waals surface area contributed by atoms with Gasteiger partial charge in [-0.3, -0.25) is 9.59 Å². The first-order valence-corrected chi connectivity index (χ1v) is 4.84. The molecule has 15 heavy (non-hydrogen) atoms. The SMILES string of the molecule is COC(=O)CC(CC(=O)O)C1(C)COC1. The van der Waals surface area contributed by atoms with E-state index < -0.39 is 5.97 Å². The average molecular weight is 216 g/mol. The van der Waals surface area contributed by atoms with E-state index in [0.717, 1.165) is 0 Å². The van der Waals surface area contributed by atoms with Gasteiger partial charge in [-0.05, 0) is 5.92 Å². The Morgan fingerprint density at radius 3 is 2.40 bits per heavy atom. The van der Waals surface area contributed by atoms with Crippen molar-refractivity contribution in [3.05, 3.63) is 0 Å². The molecule has 0 spiro atoms. The molecule has 1 unspecified atom stereocenters. The topological polar surface area (TPSA) is 72.8 Å². The summed E-state index contributed by atoms with van der Waals surface area (Å²) in [4.78, 5) is 21.8. The fourth-order valence-corrected chi connectivity index (χ4v) is 1.72. The lowest BCUT2D eigenvalue weighted by Crippen LogP contribution is -2.47. The summed E-state index contributed by atoms with van der Waals surface area (Å²) in [6.45, 7) is 2.97. The van der Waals surface area contributed by atoms with E-state index in [1.807, 2.05) is 6.92 Å². The van der Waals surface area contributed by atoms with E-state index in [9.17, 15) is 9.59 Å². The second-order valence-electron chi connectivity index (χ2n) is 4.22. The summed E-state index contributed by atoms with van der Waals surface area (Å²) in [5.74, 6) is -1.47. The van der Waals surface area contributed by atoms with Crippen LogP contribution in [-0.2, 0) is 19.1 Å². The quantitative estimate of drug-likeness (QED) is 0.684. The highest BCUT2D eigenvalue weighted by atomic mass is 16.5. The van der Waals surface area contributed by atoms with Gasteiger partial charge in [0.1, 0.15) is 0 Å². The highest BCUT2D eigenvalue weighted by molar-refractivity contribution is 5.72. The van der Waals surface area contributed by atoms with E-state index in [1.165, 1.54) is 7.11 Å². The number of hydrogen-bond acceptors (Lipinski definition) is 4. The molecule has 0 radical (unpaired) electrons. The van der Waals surface area contributed by atoms with Crippen LogP contribution in [0.3, 0.4) is 0 Å². The minimum absolute atomic E-state index is 0.0189. The monoisotopic (exact) mass is 216 g/mol. The average Bonchev–Trinajstić information content (AvgIpc) is 2.12. The molecule has 0 amide bonds. The van der Waals surface area contributed by atoms with Crippen molar-refractivity contribution < 1.29 is 24.2 Å². The summed E-state index contributed by atoms with van der Waals surface area (Å²) in [5, 5.41) is 8.76. The zero-order valence-electron chi connectivity index (χ0n) is 8.99. The summed E-state index contributed by atoms with van der Waals surface area (Å²) in [7, 11) is 1.31. The maximum Gasteiger partial charge on any atom is 0.305 e. The Balaban J connectivity index is 2.60. The van der Waals surface area contributed by atoms with Gasteiger partial charge in [0.25, 0.3) is 0 Å². The lowest BCUT2D eigenvalue weighted by atomic mass is 9.72. The first-order valence-electron chi connectivity index (χ1n) is 4.84. The second-order valence-corrected chi connectivity index (χ2v) is 4.22. The maximum atomic E-state index is 11.1. The number of carbonyl (C=O) groups excluding carboxylic acids is 1. The molecule has 1 rings (SSSR count). The van der Waals surface area contributed by atoms with Crippen molar-refractivity contribution in [3.63, 3.8) is 0 Å². The lowest BCUT2D eigenvalue weighted by molar-refractivity contribution is -0.162. The van der Waals surface area contributed by atoms with E-state index in [0.29, 0.717) is 13.2 Å². The molecule has 0 aromatic heterocycles. The van der Waals surface area contributed by atoms with Gasteiger partial charge in [0.15, 0.2) is 0 Å². The maximum absolute atomic E-state index is 11.1. The van der Waals surface area contributed by atoms with Gasteiger partial charge in [0.05, 0.1) is 20.3 Å². The number of esters is 1. The van der Waals surface area contributed by atoms with Gasteiger partial charge >= 0.3 is 11.9 Å². The van der Waals surface area contributed by atoms with Gasteiger partial charge in [-0.15, -0.1) is 0 Å². The summed E-state index contributed by atoms with van der Waals surface area (Å²) >= 11 is 0. The van der Waals surface area contributed by atoms with Crippen molar-refractivity contribution in [2.45, 2.75) is 19.8 Å². The summed E-state index contributed by atoms with van der Waals surface area (Å²) in [6, 6.07) is 0. The number of rotatable bonds is 5. The van der Waals surface area contributed by atoms with Gasteiger partial charge in [-0.25, -0.2) is 0 Å². The third-order valence-corrected chi connectivity index (χ3v) is 2.91. The first kappa shape index (κ1) is 12.0. The standard InChI is InChI=1S/C10H16O5/c1-10(5-15-6-10)7(3-8(11)12)4-9(13)14-2/h7H,3-6H2,1-2H3,(H,11,12). The number of carboxylic acids is 1. The molecular formula is C10H16O5. The lowest BCUT2D eigenvalue weighted by Gasteiger charge is -2.43. The molecule has 0 bridgehead atoms. The minimum atomic E-state index is -0.892. The molecule has 1 N–H and O–H groups in total. The Kier molecular flexibility index (Phi) is 3.68. The van der Waals surface area contributed by atoms with Gasteiger partial charge in [0.2, 0.25) is 0 Å². The van der Waals surface area contributed by atoms with Crippen LogP contribution in [0.5, 0.6) is 0 Å². The highest BCUT2D eigenvalue weighted by Gasteiger charge is 2.43. The van der Waals surface area contributed by atoms with Gasteiger partial charge in [-0.1, -0.05) is 6.92 Å². The van der Waals surface area contributed by atoms with E-state index in [-0.39, 0.29) is 30.1 Å². The van der Waals surface area contributed by atoms with Gasteiger partial charge in [-0.2, -0.15) is 0 Å². The van der Waals surface area contributed by atoms with E-state index in [2.05, 4.69) is 4.74 Å². The summed E-state index contributed by atoms with van der Waals surface area (Å²) in [6.07, 6.45) is 0.123. The molecular weight excluding hydrogens is 200 g/mol. The Hall–Kier alpha value is -1.10. The van der Waals surface area contributed by atoms with Crippen LogP contribution in [0.25, 0.3) is 0 Å². The van der Waals surface area contributed by atoms with Crippen molar-refractivity contribution in [2.75, 3.05) is 20.3 Å². The fraction of sp³-hybridized carbons (Fsp3) is 0.800. The molecule has 86 valence electrons. The molecule has 0 aromatic rings. The third kappa shape index (κ3) is 2.92. The summed E-state index contributed by atoms with van der Waals surface area (Å²) < 4.78 is 9.62. The number of aliphatic carboxylic acids is 1. The van der Waals surface area contributed by atoms with Crippen molar-refractivity contribution in [1.82, 2.24) is 0 Å². The summed E-state index contributed by atoms with van der Waals surface area (Å²) in [5.41, 5.74) is -0.202. The van der Waals surface area contributed by atoms with E-state index in [1.54, 1.807) is 0 Å². The predicted octanol–water partition coefficient (Wildman–Crippen LogP) is 0.677. The molecule has 1 aliphatic heterocycles. The van der Waals surface area contributed by atoms with Crippen LogP contribution in [0.2, 0.25) is 0 Å². The highest BCUT2D eigenvalue weighted by Crippen LogP contribution is 2.39. The van der Waals surface area contributed by atoms with Crippen LogP contribution in [0.4, 0.5) is 0 Å². The second kappa shape index (κ2) is 4.61. The molecule has 0 aromatic carbocycles. The van der Waals surface area contributed by atoms with Crippen LogP contribution >= 0.6 is 0 Å². The van der Waals surface area contributed by atoms with Crippen molar-refractivity contribution in [3.8, 4) is 0 Å². The number of hydrogen-bond donors (Lipinski definition) is 1. The predicted molar refractivity (Wildman–Crippen MR) is 51.3 cm³/mol. The van der Waals surface area contributed by atoms with Crippen LogP contribution in [0.15, 0.2) is 0 Å². The molecule has 5 nitrogen and oxygen atoms in total. The zero-order chi connectivity index (χ0) is 11.5. The van der Waals surface area contributed by atoms with E-state index >= 15 is 0 Å². The first-order chi connectivity index (χ1) is 6.98. The normalized spacial score (nSPS) is 20.1. The Labute approximate surface area is 88.4 Å². The van der Waals surface area contributed by atoms with Gasteiger partial charge < -0.3 is 14.6 Å². The van der Waals surface area contributed by atoms with Crippen LogP contribution in [-0.4, -0.2) is 37.4 Å². The number of carbonyl (C=O) groups is 2. The van der Waals surface area contributed by atoms with E-state index in [4.69, 9.17) is 9.84 Å². The van der Waals surface area contributed by atoms with Crippen LogP contribution in [0.1, 0.15) is 19.8 Å². The zero-order valence-corrected chi connectivity index (χ0v) is 8.99. The molecule has 1 heterocycles. The Morgan fingerprint density at radius 2 is 2.07 bits per heavy atom. The Morgan fingerprint density at radius 1 is 1.47 bits per heavy atom. The van der Waals surface area contributed by atoms with Gasteiger partial charge in [0, 0.05) is 18.3 Å². The number of carboxylic acid groups (broad SMARTS) is 1. The smallest absolute Gasteiger partial charge is 0.305 e. The molecule has 0 aliphatic carbocycles. The number of ether oxygens (including phenoxy) is 2. The molecule has 1 fully saturated rings. The van der Waals surface area contributed by atoms with Crippen LogP contribution in [0, 0.1) is 11.3 Å². The molecule has 1 aliphatic rings. The largest absolute Gasteiger partial charge is 0.481 e. The molecule has 5 heteroatoms.